The molecule has 4 aliphatic rings. The normalized spacial score (nSPS) is 27.9. The number of morpholine rings is 1. The average molecular weight is 703 g/mol. The highest BCUT2D eigenvalue weighted by molar-refractivity contribution is 8.02. The first-order valence-corrected chi connectivity index (χ1v) is 18.6. The van der Waals surface area contributed by atoms with E-state index in [-0.39, 0.29) is 30.9 Å². The molecule has 1 N–H and O–H groups in total. The number of nitrogens with zero attached hydrogens (tertiary/aromatic N) is 4. The van der Waals surface area contributed by atoms with Crippen LogP contribution in [0, 0.1) is 11.8 Å². The number of amides is 3. The topological polar surface area (TPSA) is 103 Å². The van der Waals surface area contributed by atoms with Crippen LogP contribution >= 0.6 is 11.8 Å². The van der Waals surface area contributed by atoms with Crippen LogP contribution in [0.3, 0.4) is 0 Å². The minimum absolute atomic E-state index is 0.160. The Kier molecular flexibility index (Phi) is 11.1. The van der Waals surface area contributed by atoms with Crippen molar-refractivity contribution in [3.63, 3.8) is 0 Å². The van der Waals surface area contributed by atoms with Crippen LogP contribution in [-0.2, 0) is 19.1 Å². The Morgan fingerprint density at radius 2 is 1.76 bits per heavy atom. The smallest absolute Gasteiger partial charge is 0.247 e. The number of hydrogen-bond donors (Lipinski definition) is 1. The number of thioether (sulfide) groups is 1. The highest BCUT2D eigenvalue weighted by Gasteiger charge is 2.78. The molecule has 10 nitrogen and oxygen atoms in total. The van der Waals surface area contributed by atoms with Gasteiger partial charge in [0.25, 0.3) is 0 Å². The number of likely N-dealkylation sites (tertiary alicyclic amines) is 1. The van der Waals surface area contributed by atoms with E-state index in [2.05, 4.69) is 25.0 Å². The first kappa shape index (κ1) is 36.2. The van der Waals surface area contributed by atoms with Gasteiger partial charge in [-0.15, -0.1) is 24.9 Å². The fourth-order valence-corrected chi connectivity index (χ4v) is 10.9. The molecule has 0 aliphatic carbocycles. The molecule has 2 aromatic rings. The average Bonchev–Trinajstić information content (AvgIpc) is 3.71. The minimum Gasteiger partial charge on any atom is -0.494 e. The number of hydrogen-bond acceptors (Lipinski definition) is 8. The maximum Gasteiger partial charge on any atom is 0.247 e. The summed E-state index contributed by atoms with van der Waals surface area (Å²) in [4.78, 5) is 52.6. The van der Waals surface area contributed by atoms with E-state index in [1.165, 1.54) is 0 Å². The van der Waals surface area contributed by atoms with Crippen molar-refractivity contribution < 1.29 is 29.0 Å². The summed E-state index contributed by atoms with van der Waals surface area (Å²) in [6.45, 7) is 16.7. The van der Waals surface area contributed by atoms with Gasteiger partial charge in [-0.2, -0.15) is 0 Å². The van der Waals surface area contributed by atoms with Crippen molar-refractivity contribution in [3.05, 3.63) is 85.5 Å². The Bertz CT molecular complexity index is 1550. The number of rotatable bonds is 15. The molecule has 6 rings (SSSR count). The van der Waals surface area contributed by atoms with Crippen molar-refractivity contribution >= 4 is 35.2 Å². The molecule has 4 saturated heterocycles. The van der Waals surface area contributed by atoms with Gasteiger partial charge in [0.15, 0.2) is 0 Å². The summed E-state index contributed by atoms with van der Waals surface area (Å²) in [6.07, 6.45) is 4.72. The second kappa shape index (κ2) is 15.3. The highest BCUT2D eigenvalue weighted by Crippen LogP contribution is 2.72. The summed E-state index contributed by atoms with van der Waals surface area (Å²) in [5.41, 5.74) is 1.44. The Balaban J connectivity index is 1.40. The van der Waals surface area contributed by atoms with Crippen molar-refractivity contribution in [2.45, 2.75) is 48.3 Å². The lowest BCUT2D eigenvalue weighted by molar-refractivity contribution is -0.146. The van der Waals surface area contributed by atoms with Gasteiger partial charge < -0.3 is 29.3 Å². The fraction of sp³-hybridized carbons (Fsp3) is 0.513. The van der Waals surface area contributed by atoms with Crippen molar-refractivity contribution in [2.24, 2.45) is 11.8 Å². The zero-order valence-corrected chi connectivity index (χ0v) is 30.1. The molecule has 2 aromatic carbocycles. The van der Waals surface area contributed by atoms with Crippen LogP contribution in [0.4, 0.5) is 5.69 Å². The van der Waals surface area contributed by atoms with E-state index in [0.717, 1.165) is 18.7 Å². The predicted octanol–water partition coefficient (Wildman–Crippen LogP) is 4.17. The zero-order valence-electron chi connectivity index (χ0n) is 29.2. The van der Waals surface area contributed by atoms with E-state index in [1.807, 2.05) is 61.5 Å². The first-order valence-electron chi connectivity index (χ1n) is 17.8. The maximum absolute atomic E-state index is 15.1. The Labute approximate surface area is 300 Å². The van der Waals surface area contributed by atoms with E-state index in [9.17, 15) is 9.90 Å². The molecule has 1 spiro atoms. The van der Waals surface area contributed by atoms with E-state index < -0.39 is 33.4 Å². The molecule has 6 atom stereocenters. The first-order chi connectivity index (χ1) is 24.2. The Morgan fingerprint density at radius 1 is 1.06 bits per heavy atom. The van der Waals surface area contributed by atoms with Gasteiger partial charge in [-0.25, -0.2) is 0 Å². The third kappa shape index (κ3) is 6.49. The fourth-order valence-electron chi connectivity index (χ4n) is 8.60. The third-order valence-corrected chi connectivity index (χ3v) is 12.9. The third-order valence-electron chi connectivity index (χ3n) is 10.9. The molecule has 11 heteroatoms. The molecule has 4 aliphatic heterocycles. The number of ether oxygens (including phenoxy) is 2. The number of carbonyl (C=O) groups is 3. The van der Waals surface area contributed by atoms with Crippen LogP contribution in [0.25, 0.3) is 0 Å². The van der Waals surface area contributed by atoms with Gasteiger partial charge in [0.1, 0.15) is 11.8 Å². The van der Waals surface area contributed by atoms with E-state index in [0.29, 0.717) is 63.7 Å². The van der Waals surface area contributed by atoms with Gasteiger partial charge in [0.05, 0.1) is 49.1 Å². The molecule has 268 valence electrons. The quantitative estimate of drug-likeness (QED) is 0.276. The number of aliphatic hydroxyl groups excluding tert-OH is 1. The van der Waals surface area contributed by atoms with Gasteiger partial charge in [0.2, 0.25) is 17.7 Å². The molecule has 0 aromatic heterocycles. The summed E-state index contributed by atoms with van der Waals surface area (Å²) in [7, 11) is 0. The number of fused-ring (bicyclic) bond motifs is 1. The molecule has 4 fully saturated rings. The predicted molar refractivity (Wildman–Crippen MR) is 196 cm³/mol. The van der Waals surface area contributed by atoms with Crippen molar-refractivity contribution in [1.82, 2.24) is 14.7 Å². The number of carbonyl (C=O) groups excluding carboxylic acids is 3. The molecule has 3 amide bonds. The van der Waals surface area contributed by atoms with Gasteiger partial charge >= 0.3 is 0 Å². The van der Waals surface area contributed by atoms with Crippen LogP contribution in [0.1, 0.15) is 38.3 Å². The molecular formula is C39H50N4O6S. The molecule has 2 unspecified atom stereocenters. The van der Waals surface area contributed by atoms with Crippen LogP contribution in [0.2, 0.25) is 0 Å². The summed E-state index contributed by atoms with van der Waals surface area (Å²) < 4.78 is 9.77. The molecule has 0 saturated carbocycles. The molecule has 0 radical (unpaired) electrons. The van der Waals surface area contributed by atoms with Crippen LogP contribution in [0.5, 0.6) is 5.75 Å². The van der Waals surface area contributed by atoms with Crippen LogP contribution in [-0.4, -0.2) is 119 Å². The van der Waals surface area contributed by atoms with Gasteiger partial charge in [-0.3, -0.25) is 19.3 Å². The van der Waals surface area contributed by atoms with Gasteiger partial charge in [-0.1, -0.05) is 42.5 Å². The largest absolute Gasteiger partial charge is 0.494 e. The van der Waals surface area contributed by atoms with Crippen LogP contribution < -0.4 is 9.64 Å². The molecule has 4 heterocycles. The Morgan fingerprint density at radius 3 is 2.40 bits per heavy atom. The van der Waals surface area contributed by atoms with Crippen LogP contribution in [0.15, 0.2) is 79.9 Å². The lowest BCUT2D eigenvalue weighted by Crippen LogP contribution is -2.56. The lowest BCUT2D eigenvalue weighted by Gasteiger charge is -2.40. The Hall–Kier alpha value is -3.64. The van der Waals surface area contributed by atoms with Crippen molar-refractivity contribution in [1.29, 1.82) is 0 Å². The summed E-state index contributed by atoms with van der Waals surface area (Å²) in [5.74, 6) is -1.30. The van der Waals surface area contributed by atoms with Gasteiger partial charge in [-0.05, 0) is 56.5 Å². The summed E-state index contributed by atoms with van der Waals surface area (Å²) in [6, 6.07) is 15.2. The number of aliphatic hydroxyl groups is 1. The standard InChI is InChI=1S/C39H50N4O6S/c1-5-19-41(22-21-40-23-25-48-26-24-40)37(47)34-39-18-17-38(4,50-39)32(33(39)36(46)43(34)31(27-44)28-11-9-8-10-12-28)35(45)42(20-6-2)29-13-15-30(16-14-29)49-7-3/h5-6,8-16,31-34,44H,1-2,7,17-27H2,3-4H3/t31-,32+,33+,34?,38-,39?/m1/s1. The van der Waals surface area contributed by atoms with E-state index in [1.54, 1.807) is 38.6 Å². The zero-order chi connectivity index (χ0) is 35.5. The second-order valence-corrected chi connectivity index (χ2v) is 15.7. The van der Waals surface area contributed by atoms with E-state index in [4.69, 9.17) is 9.47 Å². The summed E-state index contributed by atoms with van der Waals surface area (Å²) in [5, 5.41) is 10.9. The van der Waals surface area contributed by atoms with Gasteiger partial charge in [0, 0.05) is 49.7 Å². The highest BCUT2D eigenvalue weighted by atomic mass is 32.2. The van der Waals surface area contributed by atoms with E-state index >= 15 is 9.59 Å². The maximum atomic E-state index is 15.1. The minimum atomic E-state index is -0.870. The summed E-state index contributed by atoms with van der Waals surface area (Å²) >= 11 is 1.64. The molecule has 2 bridgehead atoms. The number of benzene rings is 2. The SMILES string of the molecule is C=CCN(CCN1CCOCC1)C(=O)C1N([C@H](CO)c2ccccc2)C(=O)[C@@H]2[C@@H](C(=O)N(CC=C)c3ccc(OCC)cc3)[C@@]3(C)CCC12S3. The lowest BCUT2D eigenvalue weighted by atomic mass is 9.66. The second-order valence-electron chi connectivity index (χ2n) is 13.8. The van der Waals surface area contributed by atoms with Crippen molar-refractivity contribution in [3.8, 4) is 5.75 Å². The monoisotopic (exact) mass is 702 g/mol. The molecular weight excluding hydrogens is 653 g/mol. The molecule has 50 heavy (non-hydrogen) atoms. The van der Waals surface area contributed by atoms with Crippen molar-refractivity contribution in [2.75, 3.05) is 70.6 Å². The number of anilines is 1.